The zero-order chi connectivity index (χ0) is 20.8. The van der Waals surface area contributed by atoms with Crippen LogP contribution in [0, 0.1) is 5.82 Å². The van der Waals surface area contributed by atoms with Crippen LogP contribution in [0.2, 0.25) is 0 Å². The van der Waals surface area contributed by atoms with Crippen LogP contribution in [0.3, 0.4) is 0 Å². The first kappa shape index (κ1) is 20.6. The average molecular weight is 400 g/mol. The number of hydrogen-bond acceptors (Lipinski definition) is 5. The van der Waals surface area contributed by atoms with Crippen LogP contribution in [0.25, 0.3) is 0 Å². The van der Waals surface area contributed by atoms with Gasteiger partial charge in [0.25, 0.3) is 0 Å². The molecule has 29 heavy (non-hydrogen) atoms. The smallest absolute Gasteiger partial charge is 0.222 e. The number of hydrogen-bond donors (Lipinski definition) is 0. The van der Waals surface area contributed by atoms with Crippen molar-refractivity contribution < 1.29 is 23.5 Å². The fraction of sp³-hybridized carbons (Fsp3) is 0.364. The van der Waals surface area contributed by atoms with Crippen LogP contribution in [0.15, 0.2) is 47.6 Å². The first-order valence-electron chi connectivity index (χ1n) is 9.51. The first-order chi connectivity index (χ1) is 14.0. The highest BCUT2D eigenvalue weighted by atomic mass is 19.1. The van der Waals surface area contributed by atoms with Crippen molar-refractivity contribution in [3.8, 4) is 11.5 Å². The average Bonchev–Trinajstić information content (AvgIpc) is 3.22. The van der Waals surface area contributed by atoms with E-state index in [4.69, 9.17) is 14.3 Å². The van der Waals surface area contributed by atoms with E-state index in [0.29, 0.717) is 37.4 Å². The summed E-state index contributed by atoms with van der Waals surface area (Å²) >= 11 is 0. The maximum absolute atomic E-state index is 13.1. The molecule has 0 aliphatic carbocycles. The highest BCUT2D eigenvalue weighted by Gasteiger charge is 2.27. The fourth-order valence-electron chi connectivity index (χ4n) is 3.25. The Morgan fingerprint density at radius 1 is 1.17 bits per heavy atom. The molecule has 0 aromatic heterocycles. The molecule has 1 aliphatic heterocycles. The van der Waals surface area contributed by atoms with Gasteiger partial charge in [0.1, 0.15) is 5.82 Å². The number of rotatable bonds is 8. The van der Waals surface area contributed by atoms with Crippen molar-refractivity contribution in [3.05, 3.63) is 59.4 Å². The topological polar surface area (TPSA) is 60.4 Å². The summed E-state index contributed by atoms with van der Waals surface area (Å²) in [6, 6.07) is 11.8. The molecule has 0 unspecified atom stereocenters. The summed E-state index contributed by atoms with van der Waals surface area (Å²) in [6.07, 6.45) is 0.720. The van der Waals surface area contributed by atoms with E-state index in [0.717, 1.165) is 16.8 Å². The van der Waals surface area contributed by atoms with E-state index in [2.05, 4.69) is 5.16 Å². The molecule has 154 valence electrons. The third-order valence-electron chi connectivity index (χ3n) is 4.82. The molecule has 1 aliphatic rings. The molecular formula is C22H25FN2O4. The maximum atomic E-state index is 13.1. The van der Waals surface area contributed by atoms with Gasteiger partial charge in [-0.25, -0.2) is 4.39 Å². The molecule has 7 heteroatoms. The molecule has 2 aromatic rings. The lowest BCUT2D eigenvalue weighted by molar-refractivity contribution is -0.133. The summed E-state index contributed by atoms with van der Waals surface area (Å²) in [5.41, 5.74) is 2.55. The number of amides is 1. The van der Waals surface area contributed by atoms with Gasteiger partial charge in [-0.2, -0.15) is 0 Å². The lowest BCUT2D eigenvalue weighted by Crippen LogP contribution is -2.36. The van der Waals surface area contributed by atoms with Crippen molar-refractivity contribution in [1.29, 1.82) is 0 Å². The predicted octanol–water partition coefficient (Wildman–Crippen LogP) is 3.77. The molecule has 0 radical (unpaired) electrons. The van der Waals surface area contributed by atoms with E-state index in [9.17, 15) is 9.18 Å². The summed E-state index contributed by atoms with van der Waals surface area (Å²) in [5, 5.41) is 4.21. The zero-order valence-corrected chi connectivity index (χ0v) is 16.9. The number of carbonyl (C=O) groups is 1. The molecule has 0 saturated carbocycles. The molecule has 6 nitrogen and oxygen atoms in total. The van der Waals surface area contributed by atoms with Crippen molar-refractivity contribution in [1.82, 2.24) is 4.90 Å². The van der Waals surface area contributed by atoms with Gasteiger partial charge < -0.3 is 19.2 Å². The van der Waals surface area contributed by atoms with Crippen molar-refractivity contribution in [2.75, 3.05) is 20.8 Å². The van der Waals surface area contributed by atoms with E-state index in [1.54, 1.807) is 31.3 Å². The minimum absolute atomic E-state index is 0.0116. The second-order valence-corrected chi connectivity index (χ2v) is 6.79. The number of ether oxygens (including phenoxy) is 2. The van der Waals surface area contributed by atoms with Crippen molar-refractivity contribution in [3.63, 3.8) is 0 Å². The second kappa shape index (κ2) is 9.41. The third-order valence-corrected chi connectivity index (χ3v) is 4.82. The predicted molar refractivity (Wildman–Crippen MR) is 108 cm³/mol. The van der Waals surface area contributed by atoms with Gasteiger partial charge in [-0.3, -0.25) is 4.79 Å². The fourth-order valence-corrected chi connectivity index (χ4v) is 3.25. The molecule has 1 atom stereocenters. The number of methoxy groups -OCH3 is 2. The summed E-state index contributed by atoms with van der Waals surface area (Å²) in [6.45, 7) is 2.63. The number of carbonyl (C=O) groups excluding carboxylic acids is 1. The van der Waals surface area contributed by atoms with E-state index >= 15 is 0 Å². The highest BCUT2D eigenvalue weighted by Crippen LogP contribution is 2.29. The summed E-state index contributed by atoms with van der Waals surface area (Å²) < 4.78 is 23.8. The second-order valence-electron chi connectivity index (χ2n) is 6.79. The Kier molecular flexibility index (Phi) is 6.69. The Bertz CT molecular complexity index is 883. The summed E-state index contributed by atoms with van der Waals surface area (Å²) in [5.74, 6) is 0.980. The van der Waals surface area contributed by atoms with Gasteiger partial charge in [-0.15, -0.1) is 0 Å². The molecule has 0 bridgehead atoms. The van der Waals surface area contributed by atoms with E-state index in [1.165, 1.54) is 12.1 Å². The molecule has 0 spiro atoms. The van der Waals surface area contributed by atoms with Gasteiger partial charge in [-0.1, -0.05) is 24.2 Å². The van der Waals surface area contributed by atoms with Crippen molar-refractivity contribution in [2.45, 2.75) is 32.4 Å². The SMILES string of the molecule is CCC(=O)N(Cc1ccc(F)cc1)C[C@H]1CC(c2ccc(OC)c(OC)c2)=NO1. The molecule has 1 heterocycles. The molecular weight excluding hydrogens is 375 g/mol. The van der Waals surface area contributed by atoms with Crippen LogP contribution in [0.1, 0.15) is 30.9 Å². The standard InChI is InChI=1S/C22H25FN2O4/c1-4-22(26)25(13-15-5-8-17(23)9-6-15)14-18-12-19(24-29-18)16-7-10-20(27-2)21(11-16)28-3/h5-11,18H,4,12-14H2,1-3H3/t18-/m1/s1. The molecule has 1 amide bonds. The van der Waals surface area contributed by atoms with Gasteiger partial charge >= 0.3 is 0 Å². The molecule has 0 saturated heterocycles. The maximum Gasteiger partial charge on any atom is 0.222 e. The minimum Gasteiger partial charge on any atom is -0.493 e. The van der Waals surface area contributed by atoms with Gasteiger partial charge in [0.05, 0.1) is 26.5 Å². The summed E-state index contributed by atoms with van der Waals surface area (Å²) in [4.78, 5) is 19.7. The number of nitrogens with zero attached hydrogens (tertiary/aromatic N) is 2. The number of benzene rings is 2. The quantitative estimate of drug-likeness (QED) is 0.677. The zero-order valence-electron chi connectivity index (χ0n) is 16.9. The Morgan fingerprint density at radius 3 is 2.55 bits per heavy atom. The number of oxime groups is 1. The highest BCUT2D eigenvalue weighted by molar-refractivity contribution is 6.01. The van der Waals surface area contributed by atoms with Crippen LogP contribution >= 0.6 is 0 Å². The van der Waals surface area contributed by atoms with Crippen molar-refractivity contribution >= 4 is 11.6 Å². The lowest BCUT2D eigenvalue weighted by atomic mass is 10.0. The third kappa shape index (κ3) is 5.04. The van der Waals surface area contributed by atoms with Crippen LogP contribution in [-0.2, 0) is 16.2 Å². The molecule has 0 N–H and O–H groups in total. The van der Waals surface area contributed by atoms with E-state index in [1.807, 2.05) is 25.1 Å². The van der Waals surface area contributed by atoms with Crippen LogP contribution in [0.4, 0.5) is 4.39 Å². The molecule has 2 aromatic carbocycles. The van der Waals surface area contributed by atoms with Gasteiger partial charge in [0, 0.05) is 24.9 Å². The monoisotopic (exact) mass is 400 g/mol. The Labute approximate surface area is 169 Å². The molecule has 3 rings (SSSR count). The first-order valence-corrected chi connectivity index (χ1v) is 9.51. The normalized spacial score (nSPS) is 15.4. The van der Waals surface area contributed by atoms with Gasteiger partial charge in [0.15, 0.2) is 17.6 Å². The Morgan fingerprint density at radius 2 is 1.90 bits per heavy atom. The number of halogens is 1. The minimum atomic E-state index is -0.297. The largest absolute Gasteiger partial charge is 0.493 e. The lowest BCUT2D eigenvalue weighted by Gasteiger charge is -2.24. The van der Waals surface area contributed by atoms with Crippen molar-refractivity contribution in [2.24, 2.45) is 5.16 Å². The van der Waals surface area contributed by atoms with E-state index in [-0.39, 0.29) is 17.8 Å². The Balaban J connectivity index is 1.67. The van der Waals surface area contributed by atoms with E-state index < -0.39 is 0 Å². The summed E-state index contributed by atoms with van der Waals surface area (Å²) in [7, 11) is 3.17. The van der Waals surface area contributed by atoms with Crippen LogP contribution < -0.4 is 9.47 Å². The molecule has 0 fully saturated rings. The van der Waals surface area contributed by atoms with Gasteiger partial charge in [-0.05, 0) is 35.9 Å². The van der Waals surface area contributed by atoms with Crippen LogP contribution in [-0.4, -0.2) is 43.4 Å². The van der Waals surface area contributed by atoms with Crippen LogP contribution in [0.5, 0.6) is 11.5 Å². The Hall–Kier alpha value is -3.09. The van der Waals surface area contributed by atoms with Gasteiger partial charge in [0.2, 0.25) is 5.91 Å².